The van der Waals surface area contributed by atoms with Gasteiger partial charge in [-0.3, -0.25) is 0 Å². The Morgan fingerprint density at radius 1 is 0.933 bits per heavy atom. The molecule has 2 aromatic rings. The minimum absolute atomic E-state index is 0.0291. The summed E-state index contributed by atoms with van der Waals surface area (Å²) in [5.74, 6) is 1.52. The average Bonchev–Trinajstić information content (AvgIpc) is 2.71. The maximum absolute atomic E-state index is 12.6. The minimum Gasteiger partial charge on any atom is -0.486 e. The number of urea groups is 1. The monoisotopic (exact) mass is 433 g/mol. The summed E-state index contributed by atoms with van der Waals surface area (Å²) >= 11 is 0. The van der Waals surface area contributed by atoms with Crippen LogP contribution in [0.5, 0.6) is 11.5 Å². The molecule has 1 heterocycles. The Labute approximate surface area is 176 Å². The zero-order chi connectivity index (χ0) is 21.9. The van der Waals surface area contributed by atoms with Gasteiger partial charge in [-0.15, -0.1) is 0 Å². The average molecular weight is 434 g/mol. The molecule has 162 valence electrons. The summed E-state index contributed by atoms with van der Waals surface area (Å²) < 4.78 is 34.0. The van der Waals surface area contributed by atoms with E-state index in [-0.39, 0.29) is 28.9 Å². The highest BCUT2D eigenvalue weighted by molar-refractivity contribution is 7.89. The van der Waals surface area contributed by atoms with Gasteiger partial charge in [-0.2, -0.15) is 0 Å². The summed E-state index contributed by atoms with van der Waals surface area (Å²) in [6, 6.07) is 10.9. The minimum atomic E-state index is -3.75. The Hall–Kier alpha value is -2.78. The number of ether oxygens (including phenoxy) is 2. The Morgan fingerprint density at radius 3 is 2.13 bits per heavy atom. The van der Waals surface area contributed by atoms with Crippen molar-refractivity contribution in [3.8, 4) is 11.5 Å². The molecule has 9 heteroatoms. The number of primary sulfonamides is 1. The van der Waals surface area contributed by atoms with Crippen molar-refractivity contribution < 1.29 is 22.7 Å². The third kappa shape index (κ3) is 5.22. The molecule has 2 atom stereocenters. The number of hydrogen-bond acceptors (Lipinski definition) is 5. The molecule has 2 amide bonds. The fourth-order valence-corrected chi connectivity index (χ4v) is 3.81. The summed E-state index contributed by atoms with van der Waals surface area (Å²) in [6.45, 7) is 6.89. The summed E-state index contributed by atoms with van der Waals surface area (Å²) in [5.41, 5.74) is 1.69. The molecule has 0 fully saturated rings. The second-order valence-electron chi connectivity index (χ2n) is 7.58. The summed E-state index contributed by atoms with van der Waals surface area (Å²) in [7, 11) is -3.75. The number of sulfonamides is 1. The van der Waals surface area contributed by atoms with Crippen LogP contribution in [-0.4, -0.2) is 27.7 Å². The first-order chi connectivity index (χ1) is 14.1. The topological polar surface area (TPSA) is 120 Å². The number of nitrogens with one attached hydrogen (secondary N) is 2. The van der Waals surface area contributed by atoms with Crippen LogP contribution in [0.3, 0.4) is 0 Å². The van der Waals surface area contributed by atoms with Gasteiger partial charge in [-0.1, -0.05) is 32.0 Å². The van der Waals surface area contributed by atoms with E-state index in [1.54, 1.807) is 12.1 Å². The lowest BCUT2D eigenvalue weighted by Crippen LogP contribution is -2.40. The predicted octanol–water partition coefficient (Wildman–Crippen LogP) is 2.86. The van der Waals surface area contributed by atoms with E-state index >= 15 is 0 Å². The van der Waals surface area contributed by atoms with Crippen LogP contribution in [0.1, 0.15) is 44.0 Å². The molecule has 0 saturated carbocycles. The van der Waals surface area contributed by atoms with Gasteiger partial charge in [0.25, 0.3) is 0 Å². The van der Waals surface area contributed by atoms with E-state index in [2.05, 4.69) is 10.6 Å². The van der Waals surface area contributed by atoms with Crippen molar-refractivity contribution in [1.82, 2.24) is 10.6 Å². The fourth-order valence-electron chi connectivity index (χ4n) is 3.30. The molecule has 8 nitrogen and oxygen atoms in total. The summed E-state index contributed by atoms with van der Waals surface area (Å²) in [4.78, 5) is 12.7. The van der Waals surface area contributed by atoms with Gasteiger partial charge in [-0.05, 0) is 48.2 Å². The molecule has 0 aliphatic carbocycles. The number of carbonyl (C=O) groups excluding carboxylic acids is 1. The molecule has 0 radical (unpaired) electrons. The van der Waals surface area contributed by atoms with Crippen molar-refractivity contribution in [1.29, 1.82) is 0 Å². The number of rotatable bonds is 6. The number of amides is 2. The smallest absolute Gasteiger partial charge is 0.315 e. The number of carbonyl (C=O) groups is 1. The highest BCUT2D eigenvalue weighted by Gasteiger charge is 2.22. The lowest BCUT2D eigenvalue weighted by molar-refractivity contribution is 0.171. The second-order valence-corrected chi connectivity index (χ2v) is 9.14. The lowest BCUT2D eigenvalue weighted by Gasteiger charge is -2.26. The first-order valence-corrected chi connectivity index (χ1v) is 11.3. The van der Waals surface area contributed by atoms with Crippen LogP contribution < -0.4 is 25.2 Å². The molecule has 3 rings (SSSR count). The Morgan fingerprint density at radius 2 is 1.53 bits per heavy atom. The van der Waals surface area contributed by atoms with Crippen molar-refractivity contribution in [2.75, 3.05) is 13.2 Å². The third-order valence-electron chi connectivity index (χ3n) is 4.93. The van der Waals surface area contributed by atoms with Gasteiger partial charge in [0, 0.05) is 0 Å². The molecule has 2 aromatic carbocycles. The standard InChI is InChI=1S/C21H27N3O5S/c1-13(2)20(16-6-9-18-19(12-16)29-11-10-28-18)24-21(25)23-14(3)15-4-7-17(8-5-15)30(22,26)27/h4-9,12-14,20H,10-11H2,1-3H3,(H2,22,26,27)(H2,23,24,25)/t14-,20-/m0/s1. The van der Waals surface area contributed by atoms with Crippen molar-refractivity contribution >= 4 is 16.1 Å². The molecule has 0 unspecified atom stereocenters. The van der Waals surface area contributed by atoms with Crippen LogP contribution in [-0.2, 0) is 10.0 Å². The fraction of sp³-hybridized carbons (Fsp3) is 0.381. The molecule has 1 aliphatic rings. The lowest BCUT2D eigenvalue weighted by atomic mass is 9.95. The van der Waals surface area contributed by atoms with E-state index in [1.165, 1.54) is 12.1 Å². The molecule has 4 N–H and O–H groups in total. The molecule has 0 aromatic heterocycles. The Bertz CT molecular complexity index is 1010. The van der Waals surface area contributed by atoms with Crippen molar-refractivity contribution in [2.24, 2.45) is 11.1 Å². The number of fused-ring (bicyclic) bond motifs is 1. The number of hydrogen-bond donors (Lipinski definition) is 3. The Balaban J connectivity index is 1.68. The van der Waals surface area contributed by atoms with Gasteiger partial charge in [0.05, 0.1) is 17.0 Å². The van der Waals surface area contributed by atoms with Crippen LogP contribution in [0.25, 0.3) is 0 Å². The van der Waals surface area contributed by atoms with Gasteiger partial charge < -0.3 is 20.1 Å². The van der Waals surface area contributed by atoms with Gasteiger partial charge in [-0.25, -0.2) is 18.4 Å². The molecular formula is C21H27N3O5S. The van der Waals surface area contributed by atoms with E-state index in [9.17, 15) is 13.2 Å². The predicted molar refractivity (Wildman–Crippen MR) is 113 cm³/mol. The van der Waals surface area contributed by atoms with Crippen LogP contribution in [0, 0.1) is 5.92 Å². The highest BCUT2D eigenvalue weighted by Crippen LogP contribution is 2.34. The molecule has 1 aliphatic heterocycles. The van der Waals surface area contributed by atoms with Gasteiger partial charge in [0.15, 0.2) is 11.5 Å². The Kier molecular flexibility index (Phi) is 6.52. The molecular weight excluding hydrogens is 406 g/mol. The van der Waals surface area contributed by atoms with Crippen LogP contribution in [0.4, 0.5) is 4.79 Å². The van der Waals surface area contributed by atoms with Crippen molar-refractivity contribution in [3.05, 3.63) is 53.6 Å². The van der Waals surface area contributed by atoms with Gasteiger partial charge in [0.2, 0.25) is 10.0 Å². The van der Waals surface area contributed by atoms with E-state index < -0.39 is 10.0 Å². The first-order valence-electron chi connectivity index (χ1n) is 9.74. The van der Waals surface area contributed by atoms with Crippen LogP contribution >= 0.6 is 0 Å². The van der Waals surface area contributed by atoms with E-state index in [0.29, 0.717) is 24.7 Å². The zero-order valence-electron chi connectivity index (χ0n) is 17.2. The van der Waals surface area contributed by atoms with Gasteiger partial charge >= 0.3 is 6.03 Å². The molecule has 0 saturated heterocycles. The number of nitrogens with two attached hydrogens (primary N) is 1. The molecule has 0 spiro atoms. The van der Waals surface area contributed by atoms with E-state index in [4.69, 9.17) is 14.6 Å². The third-order valence-corrected chi connectivity index (χ3v) is 5.86. The largest absolute Gasteiger partial charge is 0.486 e. The van der Waals surface area contributed by atoms with Crippen molar-refractivity contribution in [3.63, 3.8) is 0 Å². The maximum atomic E-state index is 12.6. The van der Waals surface area contributed by atoms with Crippen LogP contribution in [0.2, 0.25) is 0 Å². The van der Waals surface area contributed by atoms with E-state index in [1.807, 2.05) is 39.0 Å². The highest BCUT2D eigenvalue weighted by atomic mass is 32.2. The SMILES string of the molecule is CC(C)[C@H](NC(=O)N[C@@H](C)c1ccc(S(N)(=O)=O)cc1)c1ccc2c(c1)OCCO2. The van der Waals surface area contributed by atoms with E-state index in [0.717, 1.165) is 11.1 Å². The quantitative estimate of drug-likeness (QED) is 0.647. The zero-order valence-corrected chi connectivity index (χ0v) is 18.0. The molecule has 30 heavy (non-hydrogen) atoms. The maximum Gasteiger partial charge on any atom is 0.315 e. The van der Waals surface area contributed by atoms with Crippen LogP contribution in [0.15, 0.2) is 47.4 Å². The summed E-state index contributed by atoms with van der Waals surface area (Å²) in [6.07, 6.45) is 0. The van der Waals surface area contributed by atoms with Gasteiger partial charge in [0.1, 0.15) is 13.2 Å². The first kappa shape index (κ1) is 21.9. The second kappa shape index (κ2) is 8.93. The summed E-state index contributed by atoms with van der Waals surface area (Å²) in [5, 5.41) is 11.0. The van der Waals surface area contributed by atoms with Crippen molar-refractivity contribution in [2.45, 2.75) is 37.8 Å². The molecule has 0 bridgehead atoms. The normalized spacial score (nSPS) is 15.4. The number of benzene rings is 2.